The molecule has 2 aromatic carbocycles. The van der Waals surface area contributed by atoms with E-state index in [1.54, 1.807) is 0 Å². The summed E-state index contributed by atoms with van der Waals surface area (Å²) in [6, 6.07) is 8.89. The number of benzene rings is 2. The van der Waals surface area contributed by atoms with Crippen LogP contribution in [0.3, 0.4) is 0 Å². The first-order valence-electron chi connectivity index (χ1n) is 9.60. The van der Waals surface area contributed by atoms with Gasteiger partial charge in [-0.1, -0.05) is 45.9 Å². The number of aromatic nitrogens is 2. The molecule has 0 saturated heterocycles. The molecule has 13 heteroatoms. The van der Waals surface area contributed by atoms with Gasteiger partial charge < -0.3 is 10.4 Å². The average Bonchev–Trinajstić information content (AvgIpc) is 2.78. The van der Waals surface area contributed by atoms with E-state index in [4.69, 9.17) is 0 Å². The van der Waals surface area contributed by atoms with Crippen molar-refractivity contribution < 1.29 is 36.2 Å². The monoisotopic (exact) mass is 581 g/mol. The summed E-state index contributed by atoms with van der Waals surface area (Å²) >= 11 is 4.78. The minimum atomic E-state index is -4.79. The first-order chi connectivity index (χ1) is 16.3. The summed E-state index contributed by atoms with van der Waals surface area (Å²) in [6.07, 6.45) is -6.39. The number of thioether (sulfide) groups is 1. The largest absolute Gasteiger partial charge is 0.478 e. The van der Waals surface area contributed by atoms with Gasteiger partial charge >= 0.3 is 18.3 Å². The van der Waals surface area contributed by atoms with E-state index in [-0.39, 0.29) is 23.7 Å². The maximum atomic E-state index is 12.4. The van der Waals surface area contributed by atoms with Crippen LogP contribution in [0.2, 0.25) is 0 Å². The number of rotatable bonds is 5. The van der Waals surface area contributed by atoms with Crippen molar-refractivity contribution in [3.63, 3.8) is 0 Å². The van der Waals surface area contributed by atoms with Crippen molar-refractivity contribution in [1.82, 2.24) is 15.3 Å². The molecule has 0 radical (unpaired) electrons. The molecule has 0 atom stereocenters. The summed E-state index contributed by atoms with van der Waals surface area (Å²) in [5.41, 5.74) is -1.38. The summed E-state index contributed by atoms with van der Waals surface area (Å²) in [4.78, 5) is 19.5. The van der Waals surface area contributed by atoms with E-state index in [0.717, 1.165) is 10.0 Å². The van der Waals surface area contributed by atoms with Crippen molar-refractivity contribution in [1.29, 1.82) is 0 Å². The molecule has 0 saturated carbocycles. The third-order valence-electron chi connectivity index (χ3n) is 4.34. The van der Waals surface area contributed by atoms with Crippen LogP contribution < -0.4 is 5.32 Å². The van der Waals surface area contributed by atoms with Crippen LogP contribution >= 0.6 is 27.7 Å². The zero-order chi connectivity index (χ0) is 26.4. The van der Waals surface area contributed by atoms with Gasteiger partial charge in [0, 0.05) is 22.8 Å². The van der Waals surface area contributed by atoms with E-state index in [0.29, 0.717) is 23.0 Å². The van der Waals surface area contributed by atoms with Crippen molar-refractivity contribution in [3.8, 4) is 11.3 Å². The molecular weight excluding hydrogens is 564 g/mol. The van der Waals surface area contributed by atoms with Gasteiger partial charge in [-0.05, 0) is 43.1 Å². The van der Waals surface area contributed by atoms with Crippen molar-refractivity contribution in [2.75, 3.05) is 13.3 Å². The molecule has 0 fully saturated rings. The minimum Gasteiger partial charge on any atom is -0.478 e. The van der Waals surface area contributed by atoms with Crippen LogP contribution in [0.15, 0.2) is 58.3 Å². The van der Waals surface area contributed by atoms with Gasteiger partial charge in [-0.15, -0.1) is 0 Å². The fraction of sp³-hybridized carbons (Fsp3) is 0.227. The summed E-state index contributed by atoms with van der Waals surface area (Å²) in [7, 11) is 1.44. The molecular formula is C22H18BrF6N3O2S. The van der Waals surface area contributed by atoms with Crippen molar-refractivity contribution in [2.24, 2.45) is 0 Å². The number of carboxylic acid groups (broad SMARTS) is 1. The van der Waals surface area contributed by atoms with Crippen LogP contribution in [0.5, 0.6) is 0 Å². The minimum absolute atomic E-state index is 0.0605. The SMILES string of the molecule is CNCc1cc(C(F)(F)F)cc(C(F)(F)F)c1.CSc1ncc(C(=O)O)c(-c2ccccc2Br)n1. The first kappa shape index (κ1) is 28.6. The van der Waals surface area contributed by atoms with Crippen LogP contribution in [0.4, 0.5) is 26.3 Å². The standard InChI is InChI=1S/C12H9BrN2O2S.C10H9F6N/c1-18-12-14-6-8(11(16)17)10(15-12)7-4-2-3-5-9(7)13;1-17-5-6-2-7(9(11,12)13)4-8(3-6)10(14,15)16/h2-6H,1H3,(H,16,17);2-4,17H,5H2,1H3. The Morgan fingerprint density at radius 2 is 1.63 bits per heavy atom. The maximum Gasteiger partial charge on any atom is 0.416 e. The number of alkyl halides is 6. The Kier molecular flexibility index (Phi) is 9.69. The second-order valence-electron chi connectivity index (χ2n) is 6.85. The van der Waals surface area contributed by atoms with Crippen molar-refractivity contribution in [2.45, 2.75) is 24.1 Å². The Morgan fingerprint density at radius 3 is 2.09 bits per heavy atom. The van der Waals surface area contributed by atoms with Gasteiger partial charge in [0.25, 0.3) is 0 Å². The van der Waals surface area contributed by atoms with E-state index in [1.165, 1.54) is 25.0 Å². The highest BCUT2D eigenvalue weighted by Crippen LogP contribution is 2.36. The van der Waals surface area contributed by atoms with Gasteiger partial charge in [-0.3, -0.25) is 0 Å². The number of halogens is 7. The van der Waals surface area contributed by atoms with E-state index in [1.807, 2.05) is 30.5 Å². The fourth-order valence-electron chi connectivity index (χ4n) is 2.80. The van der Waals surface area contributed by atoms with Gasteiger partial charge in [-0.25, -0.2) is 14.8 Å². The molecule has 1 aromatic heterocycles. The third-order valence-corrected chi connectivity index (χ3v) is 5.59. The molecule has 0 amide bonds. The predicted molar refractivity (Wildman–Crippen MR) is 123 cm³/mol. The van der Waals surface area contributed by atoms with Crippen molar-refractivity contribution in [3.05, 3.63) is 75.4 Å². The fourth-order valence-corrected chi connectivity index (χ4v) is 3.62. The lowest BCUT2D eigenvalue weighted by molar-refractivity contribution is -0.143. The van der Waals surface area contributed by atoms with E-state index in [9.17, 15) is 36.2 Å². The van der Waals surface area contributed by atoms with Crippen LogP contribution in [0.25, 0.3) is 11.3 Å². The quantitative estimate of drug-likeness (QED) is 0.197. The summed E-state index contributed by atoms with van der Waals surface area (Å²) in [5, 5.41) is 12.2. The number of hydrogen-bond donors (Lipinski definition) is 2. The number of hydrogen-bond acceptors (Lipinski definition) is 5. The van der Waals surface area contributed by atoms with Gasteiger partial charge in [0.2, 0.25) is 0 Å². The molecule has 0 aliphatic rings. The highest BCUT2D eigenvalue weighted by Gasteiger charge is 2.36. The van der Waals surface area contributed by atoms with Gasteiger partial charge in [-0.2, -0.15) is 26.3 Å². The van der Waals surface area contributed by atoms with E-state index in [2.05, 4.69) is 31.2 Å². The lowest BCUT2D eigenvalue weighted by atomic mass is 10.0. The van der Waals surface area contributed by atoms with Gasteiger partial charge in [0.05, 0.1) is 16.8 Å². The maximum absolute atomic E-state index is 12.4. The molecule has 0 spiro atoms. The Bertz CT molecular complexity index is 1160. The zero-order valence-corrected chi connectivity index (χ0v) is 20.5. The first-order valence-corrected chi connectivity index (χ1v) is 11.6. The molecule has 188 valence electrons. The summed E-state index contributed by atoms with van der Waals surface area (Å²) in [6.45, 7) is -0.0625. The Morgan fingerprint density at radius 1 is 1.06 bits per heavy atom. The van der Waals surface area contributed by atoms with Gasteiger partial charge in [0.1, 0.15) is 5.56 Å². The predicted octanol–water partition coefficient (Wildman–Crippen LogP) is 6.77. The third kappa shape index (κ3) is 7.94. The zero-order valence-electron chi connectivity index (χ0n) is 18.1. The van der Waals surface area contributed by atoms with Crippen LogP contribution in [-0.2, 0) is 18.9 Å². The number of carboxylic acids is 1. The Labute approximate surface area is 209 Å². The molecule has 3 aromatic rings. The molecule has 1 heterocycles. The normalized spacial score (nSPS) is 11.6. The molecule has 3 rings (SSSR count). The lowest BCUT2D eigenvalue weighted by Crippen LogP contribution is -2.14. The van der Waals surface area contributed by atoms with Crippen LogP contribution in [0, 0.1) is 0 Å². The molecule has 2 N–H and O–H groups in total. The number of nitrogens with zero attached hydrogens (tertiary/aromatic N) is 2. The molecule has 5 nitrogen and oxygen atoms in total. The van der Waals surface area contributed by atoms with E-state index >= 15 is 0 Å². The summed E-state index contributed by atoms with van der Waals surface area (Å²) < 4.78 is 75.1. The van der Waals surface area contributed by atoms with E-state index < -0.39 is 29.4 Å². The second kappa shape index (κ2) is 11.9. The summed E-state index contributed by atoms with van der Waals surface area (Å²) in [5.74, 6) is -1.03. The smallest absolute Gasteiger partial charge is 0.416 e. The average molecular weight is 582 g/mol. The number of aromatic carboxylic acids is 1. The molecule has 0 unspecified atom stereocenters. The number of nitrogens with one attached hydrogen (secondary N) is 1. The van der Waals surface area contributed by atoms with Crippen LogP contribution in [0.1, 0.15) is 27.0 Å². The molecule has 35 heavy (non-hydrogen) atoms. The highest BCUT2D eigenvalue weighted by molar-refractivity contribution is 9.10. The molecule has 0 aliphatic carbocycles. The lowest BCUT2D eigenvalue weighted by Gasteiger charge is -2.13. The number of carbonyl (C=O) groups is 1. The highest BCUT2D eigenvalue weighted by atomic mass is 79.9. The molecule has 0 aliphatic heterocycles. The van der Waals surface area contributed by atoms with Gasteiger partial charge in [0.15, 0.2) is 5.16 Å². The molecule has 0 bridgehead atoms. The topological polar surface area (TPSA) is 75.1 Å². The van der Waals surface area contributed by atoms with Crippen LogP contribution in [-0.4, -0.2) is 34.3 Å². The second-order valence-corrected chi connectivity index (χ2v) is 8.48. The Balaban J connectivity index is 0.000000247. The Hall–Kier alpha value is -2.64. The van der Waals surface area contributed by atoms with Crippen molar-refractivity contribution >= 4 is 33.7 Å².